The summed E-state index contributed by atoms with van der Waals surface area (Å²) in [6, 6.07) is 66.5. The van der Waals surface area contributed by atoms with Gasteiger partial charge in [0, 0.05) is 62.2 Å². The van der Waals surface area contributed by atoms with Crippen LogP contribution in [0.1, 0.15) is 25.0 Å². The molecule has 0 N–H and O–H groups in total. The van der Waals surface area contributed by atoms with Crippen molar-refractivity contribution in [1.29, 1.82) is 0 Å². The topological polar surface area (TPSA) is 48.5 Å². The number of nitrogens with zero attached hydrogens (tertiary/aromatic N) is 5. The number of allylic oxidation sites excluding steroid dienone is 1. The Morgan fingerprint density at radius 1 is 0.462 bits per heavy atom. The molecule has 0 bridgehead atoms. The van der Waals surface area contributed by atoms with Crippen molar-refractivity contribution in [1.82, 2.24) is 24.1 Å². The van der Waals surface area contributed by atoms with Gasteiger partial charge >= 0.3 is 0 Å². The normalized spacial score (nSPS) is 13.7. The Morgan fingerprint density at radius 3 is 1.83 bits per heavy atom. The molecule has 65 heavy (non-hydrogen) atoms. The van der Waals surface area contributed by atoms with Gasteiger partial charge in [0.05, 0.1) is 11.0 Å². The molecule has 2 aromatic heterocycles. The van der Waals surface area contributed by atoms with Gasteiger partial charge in [-0.2, -0.15) is 0 Å². The highest BCUT2D eigenvalue weighted by Gasteiger charge is 2.41. The average Bonchev–Trinajstić information content (AvgIpc) is 4.02. The van der Waals surface area contributed by atoms with Crippen molar-refractivity contribution in [3.63, 3.8) is 0 Å². The molecule has 3 heterocycles. The van der Waals surface area contributed by atoms with Gasteiger partial charge in [-0.05, 0) is 110 Å². The van der Waals surface area contributed by atoms with Crippen LogP contribution in [0.15, 0.2) is 206 Å². The minimum Gasteiger partial charge on any atom is -0.323 e. The summed E-state index contributed by atoms with van der Waals surface area (Å²) in [5.41, 5.74) is 17.4. The molecule has 1 aliphatic heterocycles. The molecule has 0 saturated heterocycles. The van der Waals surface area contributed by atoms with Crippen LogP contribution in [-0.2, 0) is 5.41 Å². The molecule has 0 amide bonds. The van der Waals surface area contributed by atoms with E-state index in [0.29, 0.717) is 17.5 Å². The predicted molar refractivity (Wildman–Crippen MR) is 266 cm³/mol. The van der Waals surface area contributed by atoms with Crippen molar-refractivity contribution < 1.29 is 0 Å². The number of benzene rings is 7. The largest absolute Gasteiger partial charge is 0.323 e. The van der Waals surface area contributed by atoms with Crippen molar-refractivity contribution in [2.75, 3.05) is 0 Å². The summed E-state index contributed by atoms with van der Waals surface area (Å²) in [4.78, 5) is 15.1. The summed E-state index contributed by atoms with van der Waals surface area (Å²) in [5.74, 6) is 1.92. The first-order valence-corrected chi connectivity index (χ1v) is 22.3. The van der Waals surface area contributed by atoms with Crippen molar-refractivity contribution in [3.8, 4) is 67.8 Å². The Hall–Kier alpha value is -8.41. The molecule has 5 heteroatoms. The number of para-hydroxylation sites is 2. The highest BCUT2D eigenvalue weighted by molar-refractivity contribution is 6.13. The first-order chi connectivity index (χ1) is 32.0. The summed E-state index contributed by atoms with van der Waals surface area (Å²) in [5, 5.41) is 5.03. The van der Waals surface area contributed by atoms with Gasteiger partial charge in [-0.1, -0.05) is 153 Å². The van der Waals surface area contributed by atoms with Crippen molar-refractivity contribution >= 4 is 39.5 Å². The molecular formula is C60H41N5. The minimum atomic E-state index is -0.248. The fourth-order valence-corrected chi connectivity index (χ4v) is 10.7. The van der Waals surface area contributed by atoms with E-state index in [2.05, 4.69) is 175 Å². The second-order valence-corrected chi connectivity index (χ2v) is 17.7. The molecule has 0 saturated carbocycles. The van der Waals surface area contributed by atoms with Gasteiger partial charge in [-0.3, -0.25) is 0 Å². The highest BCUT2D eigenvalue weighted by Crippen LogP contribution is 2.55. The van der Waals surface area contributed by atoms with Gasteiger partial charge in [0.25, 0.3) is 0 Å². The van der Waals surface area contributed by atoms with E-state index in [1.165, 1.54) is 65.7 Å². The summed E-state index contributed by atoms with van der Waals surface area (Å²) < 4.78 is 4.65. The van der Waals surface area contributed by atoms with Crippen LogP contribution in [0.5, 0.6) is 0 Å². The molecule has 0 fully saturated rings. The molecule has 3 aliphatic carbocycles. The number of fused-ring (bicyclic) bond motifs is 8. The summed E-state index contributed by atoms with van der Waals surface area (Å²) in [7, 11) is 0. The third-order valence-electron chi connectivity index (χ3n) is 13.5. The van der Waals surface area contributed by atoms with Gasteiger partial charge in [0.1, 0.15) is 0 Å². The molecule has 306 valence electrons. The Bertz CT molecular complexity index is 3780. The highest BCUT2D eigenvalue weighted by atomic mass is 15.0. The SMILES string of the molecule is CC1(C)C2=c3ccccc3=CC2=Cc2c(-c3ccc4c(c3)c3ccccc3n4-c3cccc(-c4nc(-c5ccccc5)nc(-c5ccccc5)n4)c3)c3ccn(-c4ccccc4)cc-3c21. The minimum absolute atomic E-state index is 0.248. The average molecular weight is 832 g/mol. The lowest BCUT2D eigenvalue weighted by Crippen LogP contribution is -2.31. The lowest BCUT2D eigenvalue weighted by atomic mass is 9.69. The van der Waals surface area contributed by atoms with Crippen molar-refractivity contribution in [3.05, 3.63) is 228 Å². The fraction of sp³-hybridized carbons (Fsp3) is 0.0500. The smallest absolute Gasteiger partial charge is 0.164 e. The van der Waals surface area contributed by atoms with Gasteiger partial charge in [-0.25, -0.2) is 15.0 Å². The Balaban J connectivity index is 1.00. The van der Waals surface area contributed by atoms with Gasteiger partial charge in [0.15, 0.2) is 17.5 Å². The van der Waals surface area contributed by atoms with Crippen LogP contribution in [0.2, 0.25) is 0 Å². The summed E-state index contributed by atoms with van der Waals surface area (Å²) >= 11 is 0. The molecular weight excluding hydrogens is 791 g/mol. The monoisotopic (exact) mass is 831 g/mol. The molecule has 9 aromatic rings. The van der Waals surface area contributed by atoms with E-state index in [-0.39, 0.29) is 5.41 Å². The van der Waals surface area contributed by atoms with Gasteiger partial charge in [0.2, 0.25) is 0 Å². The van der Waals surface area contributed by atoms with Gasteiger partial charge < -0.3 is 9.13 Å². The van der Waals surface area contributed by atoms with Crippen LogP contribution in [-0.4, -0.2) is 24.1 Å². The van der Waals surface area contributed by atoms with E-state index in [1.54, 1.807) is 0 Å². The molecule has 5 nitrogen and oxygen atoms in total. The Labute approximate surface area is 376 Å². The Morgan fingerprint density at radius 2 is 1.08 bits per heavy atom. The predicted octanol–water partition coefficient (Wildman–Crippen LogP) is 12.9. The number of hydrogen-bond acceptors (Lipinski definition) is 3. The standard InChI is InChI=1S/C60H41N5/c1-60(2)55-43(33-40-21-12-13-26-46(40)55)36-50-54(48-31-32-64(37-51(48)56(50)60)44-23-10-5-11-24-44)41-29-30-53-49(35-41)47-27-14-15-28-52(47)65(53)45-25-16-22-42(34-45)59-62-57(38-17-6-3-7-18-38)61-58(63-59)39-19-8-4-9-20-39/h3-37H,1-2H3. The number of hydrogen-bond donors (Lipinski definition) is 0. The first-order valence-electron chi connectivity index (χ1n) is 22.3. The fourth-order valence-electron chi connectivity index (χ4n) is 10.7. The number of aromatic nitrogens is 5. The number of rotatable bonds is 6. The zero-order valence-corrected chi connectivity index (χ0v) is 35.9. The zero-order valence-electron chi connectivity index (χ0n) is 35.9. The van der Waals surface area contributed by atoms with E-state index < -0.39 is 0 Å². The van der Waals surface area contributed by atoms with E-state index >= 15 is 0 Å². The maximum atomic E-state index is 5.07. The Kier molecular flexibility index (Phi) is 8.18. The van der Waals surface area contributed by atoms with Crippen LogP contribution in [0.4, 0.5) is 0 Å². The first kappa shape index (κ1) is 37.2. The lowest BCUT2D eigenvalue weighted by Gasteiger charge is -2.34. The van der Waals surface area contributed by atoms with Crippen LogP contribution in [0.25, 0.3) is 107 Å². The maximum Gasteiger partial charge on any atom is 0.164 e. The molecule has 0 atom stereocenters. The number of pyridine rings is 1. The molecule has 4 aliphatic rings. The molecule has 0 unspecified atom stereocenters. The van der Waals surface area contributed by atoms with Crippen LogP contribution < -0.4 is 10.4 Å². The lowest BCUT2D eigenvalue weighted by molar-refractivity contribution is 0.689. The van der Waals surface area contributed by atoms with E-state index in [9.17, 15) is 0 Å². The van der Waals surface area contributed by atoms with E-state index in [0.717, 1.165) is 39.1 Å². The van der Waals surface area contributed by atoms with Gasteiger partial charge in [-0.15, -0.1) is 0 Å². The van der Waals surface area contributed by atoms with Crippen LogP contribution in [0, 0.1) is 0 Å². The molecule has 13 rings (SSSR count). The third-order valence-corrected chi connectivity index (χ3v) is 13.5. The summed E-state index contributed by atoms with van der Waals surface area (Å²) in [6.07, 6.45) is 9.42. The molecule has 0 spiro atoms. The third kappa shape index (κ3) is 5.82. The maximum absolute atomic E-state index is 5.07. The molecule has 7 aromatic carbocycles. The van der Waals surface area contributed by atoms with Crippen molar-refractivity contribution in [2.45, 2.75) is 19.3 Å². The van der Waals surface area contributed by atoms with E-state index in [1.807, 2.05) is 60.7 Å². The van der Waals surface area contributed by atoms with Crippen LogP contribution >= 0.6 is 0 Å². The summed E-state index contributed by atoms with van der Waals surface area (Å²) in [6.45, 7) is 4.83. The second-order valence-electron chi connectivity index (χ2n) is 17.7. The quantitative estimate of drug-likeness (QED) is 0.168. The molecule has 0 radical (unpaired) electrons. The zero-order chi connectivity index (χ0) is 43.2. The van der Waals surface area contributed by atoms with Crippen molar-refractivity contribution in [2.24, 2.45) is 0 Å². The van der Waals surface area contributed by atoms with E-state index in [4.69, 9.17) is 15.0 Å². The van der Waals surface area contributed by atoms with Crippen LogP contribution in [0.3, 0.4) is 0 Å². The second kappa shape index (κ2) is 14.3.